The molecule has 0 saturated carbocycles. The topological polar surface area (TPSA) is 93.9 Å². The summed E-state index contributed by atoms with van der Waals surface area (Å²) in [4.78, 5) is 17.9. The molecular formula is C22H25FN4O3S. The van der Waals surface area contributed by atoms with Crippen molar-refractivity contribution in [3.63, 3.8) is 0 Å². The molecule has 3 aromatic rings. The zero-order chi connectivity index (χ0) is 22.3. The van der Waals surface area contributed by atoms with Crippen molar-refractivity contribution in [2.24, 2.45) is 0 Å². The Hall–Kier alpha value is -2.81. The van der Waals surface area contributed by atoms with Crippen molar-refractivity contribution in [3.8, 4) is 11.3 Å². The third kappa shape index (κ3) is 4.19. The fourth-order valence-electron chi connectivity index (χ4n) is 3.89. The van der Waals surface area contributed by atoms with Crippen molar-refractivity contribution in [3.05, 3.63) is 47.4 Å². The van der Waals surface area contributed by atoms with E-state index in [0.717, 1.165) is 6.42 Å². The van der Waals surface area contributed by atoms with Crippen molar-refractivity contribution in [1.82, 2.24) is 20.1 Å². The molecule has 3 heterocycles. The second-order valence-corrected chi connectivity index (χ2v) is 10.4. The quantitative estimate of drug-likeness (QED) is 0.651. The monoisotopic (exact) mass is 444 g/mol. The third-order valence-corrected chi connectivity index (χ3v) is 7.52. The van der Waals surface area contributed by atoms with Gasteiger partial charge in [-0.1, -0.05) is 6.92 Å². The predicted molar refractivity (Wildman–Crippen MR) is 117 cm³/mol. The number of sulfone groups is 1. The Morgan fingerprint density at radius 1 is 1.32 bits per heavy atom. The zero-order valence-corrected chi connectivity index (χ0v) is 18.5. The highest BCUT2D eigenvalue weighted by molar-refractivity contribution is 7.91. The van der Waals surface area contributed by atoms with Crippen molar-refractivity contribution in [2.75, 3.05) is 11.5 Å². The van der Waals surface area contributed by atoms with Crippen molar-refractivity contribution < 1.29 is 17.6 Å². The maximum absolute atomic E-state index is 13.4. The van der Waals surface area contributed by atoms with Crippen LogP contribution in [0.5, 0.6) is 0 Å². The van der Waals surface area contributed by atoms with Crippen LogP contribution in [0.2, 0.25) is 0 Å². The number of pyridine rings is 1. The number of aryl methyl sites for hydroxylation is 1. The first kappa shape index (κ1) is 21.4. The summed E-state index contributed by atoms with van der Waals surface area (Å²) in [5.41, 5.74) is 2.67. The van der Waals surface area contributed by atoms with E-state index in [2.05, 4.69) is 10.4 Å². The van der Waals surface area contributed by atoms with Gasteiger partial charge in [-0.25, -0.2) is 22.5 Å². The van der Waals surface area contributed by atoms with Gasteiger partial charge in [-0.15, -0.1) is 0 Å². The summed E-state index contributed by atoms with van der Waals surface area (Å²) >= 11 is 0. The molecule has 0 aliphatic carbocycles. The highest BCUT2D eigenvalue weighted by Gasteiger charge is 2.32. The molecule has 2 unspecified atom stereocenters. The third-order valence-electron chi connectivity index (χ3n) is 5.77. The van der Waals surface area contributed by atoms with Gasteiger partial charge in [0.15, 0.2) is 15.5 Å². The van der Waals surface area contributed by atoms with Crippen LogP contribution >= 0.6 is 0 Å². The molecule has 0 bridgehead atoms. The van der Waals surface area contributed by atoms with Gasteiger partial charge in [-0.3, -0.25) is 4.79 Å². The van der Waals surface area contributed by atoms with Crippen LogP contribution in [-0.2, 0) is 9.84 Å². The molecule has 164 valence electrons. The van der Waals surface area contributed by atoms with E-state index in [0.29, 0.717) is 40.0 Å². The van der Waals surface area contributed by atoms with Gasteiger partial charge >= 0.3 is 0 Å². The number of carbonyl (C=O) groups is 1. The standard InChI is InChI=1S/C22H25FN4O3S/c1-4-13(2)24-22(28)18-11-19(15-5-7-16(23)8-6-15)25-21-20(18)14(3)26-27(21)17-9-10-31(29,30)12-17/h5-8,11,13,17H,4,9-10,12H2,1-3H3,(H,24,28). The summed E-state index contributed by atoms with van der Waals surface area (Å²) in [7, 11) is -3.13. The van der Waals surface area contributed by atoms with Crippen molar-refractivity contribution >= 4 is 26.8 Å². The molecule has 1 aliphatic heterocycles. The van der Waals surface area contributed by atoms with Crippen LogP contribution in [0, 0.1) is 12.7 Å². The molecule has 1 amide bonds. The van der Waals surface area contributed by atoms with Crippen LogP contribution < -0.4 is 5.32 Å². The van der Waals surface area contributed by atoms with Crippen LogP contribution in [0.4, 0.5) is 4.39 Å². The Bertz CT molecular complexity index is 1250. The molecular weight excluding hydrogens is 419 g/mol. The highest BCUT2D eigenvalue weighted by atomic mass is 32.2. The Labute approximate surface area is 180 Å². The van der Waals surface area contributed by atoms with Crippen LogP contribution in [0.25, 0.3) is 22.3 Å². The summed E-state index contributed by atoms with van der Waals surface area (Å²) < 4.78 is 39.2. The highest BCUT2D eigenvalue weighted by Crippen LogP contribution is 2.32. The molecule has 1 aromatic carbocycles. The van der Waals surface area contributed by atoms with Gasteiger partial charge in [0.25, 0.3) is 5.91 Å². The lowest BCUT2D eigenvalue weighted by atomic mass is 10.0. The van der Waals surface area contributed by atoms with E-state index in [1.165, 1.54) is 12.1 Å². The summed E-state index contributed by atoms with van der Waals surface area (Å²) in [6.45, 7) is 5.71. The van der Waals surface area contributed by atoms with Crippen molar-refractivity contribution in [1.29, 1.82) is 0 Å². The lowest BCUT2D eigenvalue weighted by Gasteiger charge is -2.14. The number of amides is 1. The van der Waals surface area contributed by atoms with Crippen LogP contribution in [0.15, 0.2) is 30.3 Å². The summed E-state index contributed by atoms with van der Waals surface area (Å²) in [5.74, 6) is -0.500. The van der Waals surface area contributed by atoms with E-state index in [1.54, 1.807) is 29.8 Å². The minimum atomic E-state index is -3.13. The molecule has 1 saturated heterocycles. The lowest BCUT2D eigenvalue weighted by molar-refractivity contribution is 0.0941. The zero-order valence-electron chi connectivity index (χ0n) is 17.7. The molecule has 9 heteroatoms. The second kappa shape index (κ2) is 8.03. The number of aromatic nitrogens is 3. The molecule has 7 nitrogen and oxygen atoms in total. The van der Waals surface area contributed by atoms with Gasteiger partial charge in [0.05, 0.1) is 39.9 Å². The minimum absolute atomic E-state index is 0.0000738. The van der Waals surface area contributed by atoms with E-state index in [4.69, 9.17) is 4.98 Å². The number of hydrogen-bond donors (Lipinski definition) is 1. The number of halogens is 1. The molecule has 1 aliphatic rings. The molecule has 2 aromatic heterocycles. The fraction of sp³-hybridized carbons (Fsp3) is 0.409. The molecule has 1 fully saturated rings. The summed E-state index contributed by atoms with van der Waals surface area (Å²) in [6.07, 6.45) is 1.23. The van der Waals surface area contributed by atoms with E-state index in [1.807, 2.05) is 13.8 Å². The van der Waals surface area contributed by atoms with Gasteiger partial charge in [0.2, 0.25) is 0 Å². The van der Waals surface area contributed by atoms with Gasteiger partial charge in [-0.05, 0) is 57.0 Å². The molecule has 4 rings (SSSR count). The first-order valence-electron chi connectivity index (χ1n) is 10.4. The first-order chi connectivity index (χ1) is 14.7. The van der Waals surface area contributed by atoms with E-state index >= 15 is 0 Å². The van der Waals surface area contributed by atoms with Crippen LogP contribution in [0.1, 0.15) is 48.8 Å². The Morgan fingerprint density at radius 3 is 2.65 bits per heavy atom. The van der Waals surface area contributed by atoms with Gasteiger partial charge in [0, 0.05) is 11.6 Å². The van der Waals surface area contributed by atoms with Crippen LogP contribution in [0.3, 0.4) is 0 Å². The average molecular weight is 445 g/mol. The maximum Gasteiger partial charge on any atom is 0.252 e. The molecule has 31 heavy (non-hydrogen) atoms. The van der Waals surface area contributed by atoms with Gasteiger partial charge < -0.3 is 5.32 Å². The minimum Gasteiger partial charge on any atom is -0.350 e. The van der Waals surface area contributed by atoms with Crippen LogP contribution in [-0.4, -0.2) is 46.6 Å². The smallest absolute Gasteiger partial charge is 0.252 e. The Kier molecular flexibility index (Phi) is 5.55. The van der Waals surface area contributed by atoms with Gasteiger partial charge in [-0.2, -0.15) is 5.10 Å². The summed E-state index contributed by atoms with van der Waals surface area (Å²) in [6, 6.07) is 7.24. The summed E-state index contributed by atoms with van der Waals surface area (Å²) in [5, 5.41) is 8.17. The average Bonchev–Trinajstić information content (AvgIpc) is 3.26. The van der Waals surface area contributed by atoms with E-state index < -0.39 is 9.84 Å². The van der Waals surface area contributed by atoms with E-state index in [9.17, 15) is 17.6 Å². The molecule has 0 radical (unpaired) electrons. The van der Waals surface area contributed by atoms with Crippen molar-refractivity contribution in [2.45, 2.75) is 45.7 Å². The Morgan fingerprint density at radius 2 is 2.03 bits per heavy atom. The van der Waals surface area contributed by atoms with E-state index in [-0.39, 0.29) is 35.3 Å². The second-order valence-electron chi connectivity index (χ2n) is 8.13. The number of carbonyl (C=O) groups excluding carboxylic acids is 1. The molecule has 2 atom stereocenters. The fourth-order valence-corrected chi connectivity index (χ4v) is 5.58. The normalized spacial score (nSPS) is 18.9. The SMILES string of the molecule is CCC(C)NC(=O)c1cc(-c2ccc(F)cc2)nc2c1c(C)nn2C1CCS(=O)(=O)C1. The lowest BCUT2D eigenvalue weighted by Crippen LogP contribution is -2.32. The predicted octanol–water partition coefficient (Wildman–Crippen LogP) is 3.43. The first-order valence-corrected chi connectivity index (χ1v) is 12.2. The Balaban J connectivity index is 1.92. The number of nitrogens with one attached hydrogen (secondary N) is 1. The van der Waals surface area contributed by atoms with Gasteiger partial charge in [0.1, 0.15) is 5.82 Å². The number of rotatable bonds is 5. The molecule has 1 N–H and O–H groups in total. The number of benzene rings is 1. The number of nitrogens with zero attached hydrogens (tertiary/aromatic N) is 3. The number of hydrogen-bond acceptors (Lipinski definition) is 5. The molecule has 0 spiro atoms. The maximum atomic E-state index is 13.4. The number of fused-ring (bicyclic) bond motifs is 1. The largest absolute Gasteiger partial charge is 0.350 e.